The van der Waals surface area contributed by atoms with Gasteiger partial charge in [0.15, 0.2) is 0 Å². The minimum atomic E-state index is -3.65. The molecule has 2 rings (SSSR count). The van der Waals surface area contributed by atoms with Crippen LogP contribution in [-0.4, -0.2) is 22.6 Å². The zero-order valence-corrected chi connectivity index (χ0v) is 13.2. The SMILES string of the molecule is COc1ccc(NS(=O)(=O)NCc2cccc(OC)c2)cc1. The molecule has 0 amide bonds. The van der Waals surface area contributed by atoms with Gasteiger partial charge in [-0.2, -0.15) is 13.1 Å². The number of nitrogens with one attached hydrogen (secondary N) is 2. The van der Waals surface area contributed by atoms with Gasteiger partial charge in [0.1, 0.15) is 11.5 Å². The highest BCUT2D eigenvalue weighted by atomic mass is 32.2. The van der Waals surface area contributed by atoms with Crippen LogP contribution in [-0.2, 0) is 16.8 Å². The first kappa shape index (κ1) is 16.1. The highest BCUT2D eigenvalue weighted by Gasteiger charge is 2.09. The zero-order chi connectivity index (χ0) is 16.0. The zero-order valence-electron chi connectivity index (χ0n) is 12.4. The van der Waals surface area contributed by atoms with Gasteiger partial charge in [-0.1, -0.05) is 12.1 Å². The lowest BCUT2D eigenvalue weighted by Gasteiger charge is -2.10. The summed E-state index contributed by atoms with van der Waals surface area (Å²) in [4.78, 5) is 0. The van der Waals surface area contributed by atoms with Crippen molar-refractivity contribution in [2.45, 2.75) is 6.54 Å². The summed E-state index contributed by atoms with van der Waals surface area (Å²) < 4.78 is 39.0. The van der Waals surface area contributed by atoms with Crippen LogP contribution in [0.2, 0.25) is 0 Å². The van der Waals surface area contributed by atoms with Crippen LogP contribution in [0.15, 0.2) is 48.5 Å². The van der Waals surface area contributed by atoms with Gasteiger partial charge < -0.3 is 9.47 Å². The molecule has 7 heteroatoms. The Kier molecular flexibility index (Phi) is 5.24. The molecule has 6 nitrogen and oxygen atoms in total. The second kappa shape index (κ2) is 7.15. The molecule has 0 saturated carbocycles. The van der Waals surface area contributed by atoms with Crippen molar-refractivity contribution < 1.29 is 17.9 Å². The Balaban J connectivity index is 1.98. The van der Waals surface area contributed by atoms with E-state index in [1.807, 2.05) is 6.07 Å². The van der Waals surface area contributed by atoms with Gasteiger partial charge in [-0.05, 0) is 42.0 Å². The van der Waals surface area contributed by atoms with Crippen molar-refractivity contribution in [2.75, 3.05) is 18.9 Å². The molecule has 0 aliphatic heterocycles. The monoisotopic (exact) mass is 322 g/mol. The fourth-order valence-corrected chi connectivity index (χ4v) is 2.69. The first-order valence-corrected chi connectivity index (χ1v) is 8.05. The Morgan fingerprint density at radius 1 is 0.955 bits per heavy atom. The number of methoxy groups -OCH3 is 2. The summed E-state index contributed by atoms with van der Waals surface area (Å²) in [6.07, 6.45) is 0. The summed E-state index contributed by atoms with van der Waals surface area (Å²) in [5.41, 5.74) is 1.26. The normalized spacial score (nSPS) is 11.0. The maximum Gasteiger partial charge on any atom is 0.299 e. The van der Waals surface area contributed by atoms with E-state index < -0.39 is 10.2 Å². The maximum absolute atomic E-state index is 12.0. The van der Waals surface area contributed by atoms with Gasteiger partial charge in [0, 0.05) is 6.54 Å². The minimum Gasteiger partial charge on any atom is -0.497 e. The number of ether oxygens (including phenoxy) is 2. The smallest absolute Gasteiger partial charge is 0.299 e. The van der Waals surface area contributed by atoms with E-state index in [1.54, 1.807) is 56.7 Å². The van der Waals surface area contributed by atoms with Gasteiger partial charge in [0.25, 0.3) is 10.2 Å². The molecule has 0 radical (unpaired) electrons. The third kappa shape index (κ3) is 4.64. The van der Waals surface area contributed by atoms with E-state index in [0.717, 1.165) is 5.56 Å². The molecule has 2 aromatic rings. The minimum absolute atomic E-state index is 0.169. The lowest BCUT2D eigenvalue weighted by molar-refractivity contribution is 0.414. The fourth-order valence-electron chi connectivity index (χ4n) is 1.81. The van der Waals surface area contributed by atoms with Crippen molar-refractivity contribution in [3.8, 4) is 11.5 Å². The van der Waals surface area contributed by atoms with Crippen LogP contribution in [0.5, 0.6) is 11.5 Å². The predicted octanol–water partition coefficient (Wildman–Crippen LogP) is 2.15. The van der Waals surface area contributed by atoms with Crippen molar-refractivity contribution in [1.29, 1.82) is 0 Å². The Morgan fingerprint density at radius 3 is 2.27 bits per heavy atom. The van der Waals surface area contributed by atoms with Crippen LogP contribution < -0.4 is 18.9 Å². The Labute approximate surface area is 130 Å². The van der Waals surface area contributed by atoms with Crippen LogP contribution in [0.1, 0.15) is 5.56 Å². The summed E-state index contributed by atoms with van der Waals surface area (Å²) >= 11 is 0. The molecule has 0 spiro atoms. The fraction of sp³-hybridized carbons (Fsp3) is 0.200. The third-order valence-corrected chi connectivity index (χ3v) is 3.97. The van der Waals surface area contributed by atoms with Crippen molar-refractivity contribution in [3.05, 3.63) is 54.1 Å². The second-order valence-electron chi connectivity index (χ2n) is 4.51. The molecule has 0 fully saturated rings. The first-order valence-electron chi connectivity index (χ1n) is 6.57. The summed E-state index contributed by atoms with van der Waals surface area (Å²) in [7, 11) is -0.539. The molecular weight excluding hydrogens is 304 g/mol. The highest BCUT2D eigenvalue weighted by molar-refractivity contribution is 7.90. The predicted molar refractivity (Wildman–Crippen MR) is 85.4 cm³/mol. The largest absolute Gasteiger partial charge is 0.497 e. The molecule has 0 bridgehead atoms. The standard InChI is InChI=1S/C15H18N2O4S/c1-20-14-8-6-13(7-9-14)17-22(18,19)16-11-12-4-3-5-15(10-12)21-2/h3-10,16-17H,11H2,1-2H3. The van der Waals surface area contributed by atoms with Crippen molar-refractivity contribution in [1.82, 2.24) is 4.72 Å². The highest BCUT2D eigenvalue weighted by Crippen LogP contribution is 2.16. The van der Waals surface area contributed by atoms with Gasteiger partial charge in [-0.15, -0.1) is 0 Å². The van der Waals surface area contributed by atoms with Gasteiger partial charge in [0.2, 0.25) is 0 Å². The molecule has 2 aromatic carbocycles. The van der Waals surface area contributed by atoms with E-state index in [1.165, 1.54) is 0 Å². The summed E-state index contributed by atoms with van der Waals surface area (Å²) in [5.74, 6) is 1.34. The molecule has 2 N–H and O–H groups in total. The molecule has 22 heavy (non-hydrogen) atoms. The van der Waals surface area contributed by atoms with Gasteiger partial charge in [-0.25, -0.2) is 0 Å². The summed E-state index contributed by atoms with van der Waals surface area (Å²) in [6, 6.07) is 13.8. The number of hydrogen-bond donors (Lipinski definition) is 2. The summed E-state index contributed by atoms with van der Waals surface area (Å²) in [5, 5.41) is 0. The molecule has 0 atom stereocenters. The molecule has 0 heterocycles. The number of anilines is 1. The van der Waals surface area contributed by atoms with E-state index in [-0.39, 0.29) is 6.54 Å². The molecular formula is C15H18N2O4S. The van der Waals surface area contributed by atoms with Crippen molar-refractivity contribution in [3.63, 3.8) is 0 Å². The number of hydrogen-bond acceptors (Lipinski definition) is 4. The molecule has 0 aliphatic rings. The van der Waals surface area contributed by atoms with E-state index >= 15 is 0 Å². The Bertz CT molecular complexity index is 715. The first-order chi connectivity index (χ1) is 10.5. The average Bonchev–Trinajstić information content (AvgIpc) is 2.54. The van der Waals surface area contributed by atoms with Gasteiger partial charge in [0.05, 0.1) is 19.9 Å². The van der Waals surface area contributed by atoms with Crippen LogP contribution in [0, 0.1) is 0 Å². The van der Waals surface area contributed by atoms with Crippen molar-refractivity contribution >= 4 is 15.9 Å². The van der Waals surface area contributed by atoms with E-state index in [4.69, 9.17) is 9.47 Å². The molecule has 0 aliphatic carbocycles. The number of rotatable bonds is 7. The van der Waals surface area contributed by atoms with E-state index in [2.05, 4.69) is 9.44 Å². The maximum atomic E-state index is 12.0. The Hall–Kier alpha value is -2.25. The molecule has 0 saturated heterocycles. The lowest BCUT2D eigenvalue weighted by atomic mass is 10.2. The van der Waals surface area contributed by atoms with Crippen LogP contribution in [0.25, 0.3) is 0 Å². The van der Waals surface area contributed by atoms with Crippen LogP contribution >= 0.6 is 0 Å². The number of benzene rings is 2. The van der Waals surface area contributed by atoms with Gasteiger partial charge in [-0.3, -0.25) is 4.72 Å². The lowest BCUT2D eigenvalue weighted by Crippen LogP contribution is -2.29. The molecule has 0 unspecified atom stereocenters. The Morgan fingerprint density at radius 2 is 1.64 bits per heavy atom. The average molecular weight is 322 g/mol. The molecule has 0 aromatic heterocycles. The van der Waals surface area contributed by atoms with Gasteiger partial charge >= 0.3 is 0 Å². The van der Waals surface area contributed by atoms with Crippen LogP contribution in [0.4, 0.5) is 5.69 Å². The third-order valence-electron chi connectivity index (χ3n) is 2.94. The quantitative estimate of drug-likeness (QED) is 0.819. The summed E-state index contributed by atoms with van der Waals surface area (Å²) in [6.45, 7) is 0.169. The van der Waals surface area contributed by atoms with E-state index in [9.17, 15) is 8.42 Å². The van der Waals surface area contributed by atoms with Crippen molar-refractivity contribution in [2.24, 2.45) is 0 Å². The topological polar surface area (TPSA) is 76.7 Å². The van der Waals surface area contributed by atoms with E-state index in [0.29, 0.717) is 17.2 Å². The van der Waals surface area contributed by atoms with Crippen LogP contribution in [0.3, 0.4) is 0 Å². The second-order valence-corrected chi connectivity index (χ2v) is 6.01. The molecule has 118 valence electrons.